The van der Waals surface area contributed by atoms with Gasteiger partial charge >= 0.3 is 0 Å². The zero-order valence-corrected chi connectivity index (χ0v) is 13.8. The highest BCUT2D eigenvalue weighted by molar-refractivity contribution is 7.80. The Bertz CT molecular complexity index is 545. The first-order valence-corrected chi connectivity index (χ1v) is 7.99. The summed E-state index contributed by atoms with van der Waals surface area (Å²) in [4.78, 5) is 14.3. The number of hydrogen-bond donors (Lipinski definition) is 2. The van der Waals surface area contributed by atoms with Crippen molar-refractivity contribution in [3.05, 3.63) is 29.8 Å². The first-order valence-electron chi connectivity index (χ1n) is 7.35. The van der Waals surface area contributed by atoms with Crippen molar-refractivity contribution >= 4 is 24.2 Å². The Morgan fingerprint density at radius 3 is 2.73 bits per heavy atom. The third-order valence-corrected chi connectivity index (χ3v) is 4.61. The summed E-state index contributed by atoms with van der Waals surface area (Å²) in [7, 11) is 1.63. The standard InChI is InChI=1S/C16H22N2O3S/c1-11(10-22)16(19)18-8-7-14(17-20)15(18)9-12-3-5-13(21-2)6-4-12/h3-6,11,15,20,22H,7-10H2,1-2H3/b17-14+. The first kappa shape index (κ1) is 16.7. The fourth-order valence-electron chi connectivity index (χ4n) is 2.69. The number of rotatable bonds is 5. The SMILES string of the molecule is COc1ccc(CC2/C(=N/O)CCN2C(=O)C(C)CS)cc1. The fourth-order valence-corrected chi connectivity index (χ4v) is 2.85. The quantitative estimate of drug-likeness (QED) is 0.496. The lowest BCUT2D eigenvalue weighted by molar-refractivity contribution is -0.134. The van der Waals surface area contributed by atoms with Crippen molar-refractivity contribution in [2.24, 2.45) is 11.1 Å². The van der Waals surface area contributed by atoms with Crippen LogP contribution in [0.5, 0.6) is 5.75 Å². The molecule has 1 aromatic carbocycles. The summed E-state index contributed by atoms with van der Waals surface area (Å²) in [6.07, 6.45) is 1.25. The molecule has 0 saturated carbocycles. The molecule has 1 aromatic rings. The van der Waals surface area contributed by atoms with Gasteiger partial charge in [-0.2, -0.15) is 12.6 Å². The van der Waals surface area contributed by atoms with Crippen molar-refractivity contribution < 1.29 is 14.7 Å². The van der Waals surface area contributed by atoms with E-state index in [0.29, 0.717) is 30.9 Å². The predicted molar refractivity (Wildman–Crippen MR) is 89.1 cm³/mol. The molecule has 0 aromatic heterocycles. The highest BCUT2D eigenvalue weighted by Crippen LogP contribution is 2.23. The van der Waals surface area contributed by atoms with Crippen molar-refractivity contribution in [2.45, 2.75) is 25.8 Å². The van der Waals surface area contributed by atoms with E-state index in [2.05, 4.69) is 17.8 Å². The molecule has 5 nitrogen and oxygen atoms in total. The average molecular weight is 322 g/mol. The monoisotopic (exact) mass is 322 g/mol. The summed E-state index contributed by atoms with van der Waals surface area (Å²) < 4.78 is 5.15. The topological polar surface area (TPSA) is 62.1 Å². The second-order valence-corrected chi connectivity index (χ2v) is 5.89. The summed E-state index contributed by atoms with van der Waals surface area (Å²) in [5.41, 5.74) is 1.74. The molecule has 120 valence electrons. The molecule has 1 heterocycles. The van der Waals surface area contributed by atoms with Gasteiger partial charge in [0.15, 0.2) is 0 Å². The Morgan fingerprint density at radius 2 is 2.18 bits per heavy atom. The van der Waals surface area contributed by atoms with Crippen molar-refractivity contribution in [1.29, 1.82) is 0 Å². The van der Waals surface area contributed by atoms with Crippen molar-refractivity contribution in [3.8, 4) is 5.75 Å². The highest BCUT2D eigenvalue weighted by Gasteiger charge is 2.35. The number of carbonyl (C=O) groups is 1. The molecule has 0 spiro atoms. The molecular formula is C16H22N2O3S. The summed E-state index contributed by atoms with van der Waals surface area (Å²) in [5, 5.41) is 12.6. The fraction of sp³-hybridized carbons (Fsp3) is 0.500. The van der Waals surface area contributed by atoms with Crippen LogP contribution in [0.25, 0.3) is 0 Å². The molecule has 6 heteroatoms. The Labute approximate surface area is 136 Å². The predicted octanol–water partition coefficient (Wildman–Crippen LogP) is 2.23. The summed E-state index contributed by atoms with van der Waals surface area (Å²) >= 11 is 4.20. The van der Waals surface area contributed by atoms with Gasteiger partial charge in [0.2, 0.25) is 5.91 Å². The number of benzene rings is 1. The molecule has 1 aliphatic heterocycles. The molecule has 1 amide bonds. The van der Waals surface area contributed by atoms with Crippen LogP contribution in [0, 0.1) is 5.92 Å². The molecule has 1 saturated heterocycles. The minimum atomic E-state index is -0.187. The van der Waals surface area contributed by atoms with Gasteiger partial charge in [0, 0.05) is 24.6 Å². The normalized spacial score (nSPS) is 21.1. The Balaban J connectivity index is 2.17. The number of hydrogen-bond acceptors (Lipinski definition) is 5. The summed E-state index contributed by atoms with van der Waals surface area (Å²) in [5.74, 6) is 1.23. The number of oxime groups is 1. The highest BCUT2D eigenvalue weighted by atomic mass is 32.1. The van der Waals surface area contributed by atoms with Crippen LogP contribution in [-0.4, -0.2) is 47.2 Å². The largest absolute Gasteiger partial charge is 0.497 e. The molecule has 1 N–H and O–H groups in total. The first-order chi connectivity index (χ1) is 10.6. The molecule has 2 rings (SSSR count). The zero-order valence-electron chi connectivity index (χ0n) is 12.9. The van der Waals surface area contributed by atoms with E-state index in [4.69, 9.17) is 4.74 Å². The lowest BCUT2D eigenvalue weighted by Crippen LogP contribution is -2.42. The molecule has 2 unspecified atom stereocenters. The van der Waals surface area contributed by atoms with E-state index >= 15 is 0 Å². The molecule has 2 atom stereocenters. The second-order valence-electron chi connectivity index (χ2n) is 5.52. The number of nitrogens with zero attached hydrogens (tertiary/aromatic N) is 2. The average Bonchev–Trinajstić information content (AvgIpc) is 2.96. The van der Waals surface area contributed by atoms with Crippen molar-refractivity contribution in [3.63, 3.8) is 0 Å². The molecule has 22 heavy (non-hydrogen) atoms. The zero-order chi connectivity index (χ0) is 16.1. The van der Waals surface area contributed by atoms with Gasteiger partial charge in [-0.3, -0.25) is 4.79 Å². The van der Waals surface area contributed by atoms with Crippen LogP contribution in [-0.2, 0) is 11.2 Å². The summed E-state index contributed by atoms with van der Waals surface area (Å²) in [6.45, 7) is 2.46. The second kappa shape index (κ2) is 7.54. The van der Waals surface area contributed by atoms with Crippen LogP contribution in [0.3, 0.4) is 0 Å². The number of amides is 1. The Morgan fingerprint density at radius 1 is 1.50 bits per heavy atom. The minimum Gasteiger partial charge on any atom is -0.497 e. The van der Waals surface area contributed by atoms with Crippen LogP contribution < -0.4 is 4.74 Å². The number of likely N-dealkylation sites (tertiary alicyclic amines) is 1. The number of ether oxygens (including phenoxy) is 1. The van der Waals surface area contributed by atoms with Crippen molar-refractivity contribution in [1.82, 2.24) is 4.90 Å². The third-order valence-electron chi connectivity index (χ3n) is 4.06. The molecule has 0 radical (unpaired) electrons. The van der Waals surface area contributed by atoms with E-state index in [1.165, 1.54) is 0 Å². The van der Waals surface area contributed by atoms with E-state index in [1.807, 2.05) is 31.2 Å². The maximum Gasteiger partial charge on any atom is 0.226 e. The van der Waals surface area contributed by atoms with E-state index in [0.717, 1.165) is 11.3 Å². The summed E-state index contributed by atoms with van der Waals surface area (Å²) in [6, 6.07) is 7.53. The lowest BCUT2D eigenvalue weighted by atomic mass is 10.0. The van der Waals surface area contributed by atoms with E-state index in [9.17, 15) is 10.0 Å². The number of thiol groups is 1. The van der Waals surface area contributed by atoms with Crippen LogP contribution >= 0.6 is 12.6 Å². The molecule has 1 fully saturated rings. The Kier molecular flexibility index (Phi) is 5.71. The van der Waals surface area contributed by atoms with Crippen LogP contribution in [0.2, 0.25) is 0 Å². The van der Waals surface area contributed by atoms with Crippen LogP contribution in [0.15, 0.2) is 29.4 Å². The molecule has 1 aliphatic rings. The molecule has 0 aliphatic carbocycles. The van der Waals surface area contributed by atoms with Crippen molar-refractivity contribution in [2.75, 3.05) is 19.4 Å². The number of carbonyl (C=O) groups excluding carboxylic acids is 1. The lowest BCUT2D eigenvalue weighted by Gasteiger charge is -2.27. The van der Waals surface area contributed by atoms with Gasteiger partial charge < -0.3 is 14.8 Å². The van der Waals surface area contributed by atoms with E-state index < -0.39 is 0 Å². The van der Waals surface area contributed by atoms with Crippen LogP contribution in [0.4, 0.5) is 0 Å². The van der Waals surface area contributed by atoms with E-state index in [1.54, 1.807) is 12.0 Å². The Hall–Kier alpha value is -1.69. The molecule has 0 bridgehead atoms. The maximum absolute atomic E-state index is 12.5. The van der Waals surface area contributed by atoms with Gasteiger partial charge in [-0.05, 0) is 24.1 Å². The number of methoxy groups -OCH3 is 1. The van der Waals surface area contributed by atoms with E-state index in [-0.39, 0.29) is 17.9 Å². The van der Waals surface area contributed by atoms with Gasteiger partial charge in [0.1, 0.15) is 5.75 Å². The minimum absolute atomic E-state index is 0.0622. The van der Waals surface area contributed by atoms with Gasteiger partial charge in [-0.25, -0.2) is 0 Å². The van der Waals surface area contributed by atoms with Gasteiger partial charge in [-0.15, -0.1) is 0 Å². The van der Waals surface area contributed by atoms with Gasteiger partial charge in [-0.1, -0.05) is 24.2 Å². The third kappa shape index (κ3) is 3.55. The smallest absolute Gasteiger partial charge is 0.226 e. The maximum atomic E-state index is 12.5. The van der Waals surface area contributed by atoms with Gasteiger partial charge in [0.25, 0.3) is 0 Å². The van der Waals surface area contributed by atoms with Gasteiger partial charge in [0.05, 0.1) is 18.9 Å². The molecular weight excluding hydrogens is 300 g/mol. The van der Waals surface area contributed by atoms with Crippen LogP contribution in [0.1, 0.15) is 18.9 Å².